The van der Waals surface area contributed by atoms with Crippen molar-refractivity contribution >= 4 is 5.91 Å². The van der Waals surface area contributed by atoms with Gasteiger partial charge in [0.25, 0.3) is 0 Å². The molecular weight excluding hydrogens is 316 g/mol. The molecule has 2 atom stereocenters. The predicted molar refractivity (Wildman–Crippen MR) is 95.0 cm³/mol. The highest BCUT2D eigenvalue weighted by Gasteiger charge is 2.30. The van der Waals surface area contributed by atoms with Gasteiger partial charge in [-0.2, -0.15) is 0 Å². The largest absolute Gasteiger partial charge is 0.354 e. The van der Waals surface area contributed by atoms with Gasteiger partial charge in [0.1, 0.15) is 11.6 Å². The molecule has 0 radical (unpaired) electrons. The van der Waals surface area contributed by atoms with Crippen LogP contribution in [0, 0.1) is 5.92 Å². The summed E-state index contributed by atoms with van der Waals surface area (Å²) in [7, 11) is 2.10. The van der Waals surface area contributed by atoms with Crippen molar-refractivity contribution in [2.75, 3.05) is 26.2 Å². The number of nitrogens with zero attached hydrogens (tertiary/aromatic N) is 4. The normalized spacial score (nSPS) is 27.6. The molecule has 3 aliphatic rings. The van der Waals surface area contributed by atoms with Gasteiger partial charge in [0.15, 0.2) is 0 Å². The summed E-state index contributed by atoms with van der Waals surface area (Å²) in [6, 6.07) is 0.0270. The Hall–Kier alpha value is -1.47. The van der Waals surface area contributed by atoms with E-state index >= 15 is 0 Å². The average molecular weight is 346 g/mol. The lowest BCUT2D eigenvalue weighted by molar-refractivity contribution is -0.123. The van der Waals surface area contributed by atoms with Crippen molar-refractivity contribution in [3.8, 4) is 0 Å². The van der Waals surface area contributed by atoms with Crippen molar-refractivity contribution in [3.05, 3.63) is 11.6 Å². The van der Waals surface area contributed by atoms with Crippen LogP contribution < -0.4 is 10.6 Å². The van der Waals surface area contributed by atoms with Gasteiger partial charge in [-0.3, -0.25) is 9.69 Å². The van der Waals surface area contributed by atoms with Crippen molar-refractivity contribution < 1.29 is 4.79 Å². The molecule has 7 nitrogen and oxygen atoms in total. The molecule has 0 aromatic carbocycles. The van der Waals surface area contributed by atoms with Crippen LogP contribution in [0.4, 0.5) is 0 Å². The van der Waals surface area contributed by atoms with Crippen LogP contribution in [-0.4, -0.2) is 57.8 Å². The van der Waals surface area contributed by atoms with Crippen LogP contribution in [0.3, 0.4) is 0 Å². The lowest BCUT2D eigenvalue weighted by atomic mass is 9.98. The smallest absolute Gasteiger partial charge is 0.237 e. The van der Waals surface area contributed by atoms with E-state index in [-0.39, 0.29) is 11.9 Å². The second-order valence-electron chi connectivity index (χ2n) is 7.95. The minimum Gasteiger partial charge on any atom is -0.354 e. The van der Waals surface area contributed by atoms with E-state index in [9.17, 15) is 4.79 Å². The SMILES string of the molecule is Cn1c(CN2CCCC(CNC(=O)C3CCCN3)C2)nnc1C1CC1. The van der Waals surface area contributed by atoms with Crippen molar-refractivity contribution in [1.29, 1.82) is 0 Å². The van der Waals surface area contributed by atoms with E-state index in [4.69, 9.17) is 0 Å². The van der Waals surface area contributed by atoms with Crippen molar-refractivity contribution in [1.82, 2.24) is 30.3 Å². The standard InChI is InChI=1S/C18H30N6O/c1-23-16(21-22-17(23)14-6-7-14)12-24-9-3-4-13(11-24)10-20-18(25)15-5-2-8-19-15/h13-15,19H,2-12H2,1H3,(H,20,25). The van der Waals surface area contributed by atoms with E-state index in [1.165, 1.54) is 25.7 Å². The van der Waals surface area contributed by atoms with Crippen LogP contribution in [0.5, 0.6) is 0 Å². The Kier molecular flexibility index (Phi) is 5.03. The summed E-state index contributed by atoms with van der Waals surface area (Å²) < 4.78 is 2.19. The summed E-state index contributed by atoms with van der Waals surface area (Å²) >= 11 is 0. The van der Waals surface area contributed by atoms with Gasteiger partial charge >= 0.3 is 0 Å². The number of amides is 1. The van der Waals surface area contributed by atoms with E-state index in [2.05, 4.69) is 37.3 Å². The van der Waals surface area contributed by atoms with E-state index < -0.39 is 0 Å². The third-order valence-electron chi connectivity index (χ3n) is 5.85. The molecule has 0 bridgehead atoms. The average Bonchev–Trinajstić information content (AvgIpc) is 3.18. The van der Waals surface area contributed by atoms with Crippen LogP contribution in [0.25, 0.3) is 0 Å². The molecule has 7 heteroatoms. The summed E-state index contributed by atoms with van der Waals surface area (Å²) in [6.07, 6.45) is 6.98. The zero-order chi connectivity index (χ0) is 17.2. The van der Waals surface area contributed by atoms with Gasteiger partial charge in [-0.05, 0) is 57.5 Å². The minimum atomic E-state index is 0.0270. The number of hydrogen-bond acceptors (Lipinski definition) is 5. The number of aromatic nitrogens is 3. The van der Waals surface area contributed by atoms with Gasteiger partial charge in [-0.1, -0.05) is 0 Å². The van der Waals surface area contributed by atoms with Crippen LogP contribution >= 0.6 is 0 Å². The molecule has 3 fully saturated rings. The second kappa shape index (κ2) is 7.41. The number of piperidine rings is 1. The fraction of sp³-hybridized carbons (Fsp3) is 0.833. The molecule has 2 N–H and O–H groups in total. The summed E-state index contributed by atoms with van der Waals surface area (Å²) in [6.45, 7) is 4.77. The number of likely N-dealkylation sites (tertiary alicyclic amines) is 1. The maximum Gasteiger partial charge on any atom is 0.237 e. The predicted octanol–water partition coefficient (Wildman–Crippen LogP) is 0.773. The molecule has 138 valence electrons. The molecule has 1 saturated carbocycles. The summed E-state index contributed by atoms with van der Waals surface area (Å²) in [5.74, 6) is 3.58. The Bertz CT molecular complexity index is 605. The van der Waals surface area contributed by atoms with Gasteiger partial charge in [0.2, 0.25) is 5.91 Å². The van der Waals surface area contributed by atoms with Gasteiger partial charge in [0, 0.05) is 26.1 Å². The quantitative estimate of drug-likeness (QED) is 0.796. The molecule has 1 aromatic heterocycles. The maximum absolute atomic E-state index is 12.2. The van der Waals surface area contributed by atoms with Gasteiger partial charge in [-0.15, -0.1) is 10.2 Å². The molecule has 2 saturated heterocycles. The lowest BCUT2D eigenvalue weighted by Crippen LogP contribution is -2.45. The molecule has 2 aliphatic heterocycles. The highest BCUT2D eigenvalue weighted by Crippen LogP contribution is 2.38. The Balaban J connectivity index is 1.26. The number of carbonyl (C=O) groups is 1. The first-order chi connectivity index (χ1) is 12.2. The molecule has 2 unspecified atom stereocenters. The third-order valence-corrected chi connectivity index (χ3v) is 5.85. The first-order valence-corrected chi connectivity index (χ1v) is 9.82. The Morgan fingerprint density at radius 3 is 2.88 bits per heavy atom. The Morgan fingerprint density at radius 1 is 1.24 bits per heavy atom. The van der Waals surface area contributed by atoms with Crippen molar-refractivity contribution in [3.63, 3.8) is 0 Å². The topological polar surface area (TPSA) is 75.1 Å². The zero-order valence-corrected chi connectivity index (χ0v) is 15.2. The Labute approximate surface area is 149 Å². The fourth-order valence-electron chi connectivity index (χ4n) is 4.15. The maximum atomic E-state index is 12.2. The van der Waals surface area contributed by atoms with Crippen molar-refractivity contribution in [2.24, 2.45) is 13.0 Å². The van der Waals surface area contributed by atoms with Crippen LogP contribution in [0.15, 0.2) is 0 Å². The number of carbonyl (C=O) groups excluding carboxylic acids is 1. The van der Waals surface area contributed by atoms with E-state index in [0.717, 1.165) is 57.2 Å². The monoisotopic (exact) mass is 346 g/mol. The highest BCUT2D eigenvalue weighted by molar-refractivity contribution is 5.81. The van der Waals surface area contributed by atoms with E-state index in [1.807, 2.05) is 0 Å². The molecular formula is C18H30N6O. The molecule has 4 rings (SSSR count). The van der Waals surface area contributed by atoms with Crippen LogP contribution in [0.1, 0.15) is 56.1 Å². The van der Waals surface area contributed by atoms with Crippen molar-refractivity contribution in [2.45, 2.75) is 57.0 Å². The second-order valence-corrected chi connectivity index (χ2v) is 7.95. The minimum absolute atomic E-state index is 0.0270. The van der Waals surface area contributed by atoms with Gasteiger partial charge in [-0.25, -0.2) is 0 Å². The number of nitrogens with one attached hydrogen (secondary N) is 2. The summed E-state index contributed by atoms with van der Waals surface area (Å²) in [5.41, 5.74) is 0. The first-order valence-electron chi connectivity index (χ1n) is 9.82. The molecule has 0 spiro atoms. The number of hydrogen-bond donors (Lipinski definition) is 2. The van der Waals surface area contributed by atoms with E-state index in [1.54, 1.807) is 0 Å². The lowest BCUT2D eigenvalue weighted by Gasteiger charge is -2.32. The molecule has 25 heavy (non-hydrogen) atoms. The number of rotatable bonds is 6. The first kappa shape index (κ1) is 17.0. The molecule has 3 heterocycles. The zero-order valence-electron chi connectivity index (χ0n) is 15.2. The Morgan fingerprint density at radius 2 is 2.12 bits per heavy atom. The van der Waals surface area contributed by atoms with Crippen LogP contribution in [-0.2, 0) is 18.4 Å². The van der Waals surface area contributed by atoms with Crippen LogP contribution in [0.2, 0.25) is 0 Å². The van der Waals surface area contributed by atoms with E-state index in [0.29, 0.717) is 11.8 Å². The fourth-order valence-corrected chi connectivity index (χ4v) is 4.15. The molecule has 1 amide bonds. The van der Waals surface area contributed by atoms with Gasteiger partial charge in [0.05, 0.1) is 12.6 Å². The molecule has 1 aliphatic carbocycles. The summed E-state index contributed by atoms with van der Waals surface area (Å²) in [5, 5.41) is 15.2. The third kappa shape index (κ3) is 4.03. The highest BCUT2D eigenvalue weighted by atomic mass is 16.2. The molecule has 1 aromatic rings. The summed E-state index contributed by atoms with van der Waals surface area (Å²) in [4.78, 5) is 14.6. The van der Waals surface area contributed by atoms with Gasteiger partial charge < -0.3 is 15.2 Å².